The fraction of sp³-hybridized carbons (Fsp3) is 0.0435. The molecule has 2 amide bonds. The molecule has 0 radical (unpaired) electrons. The van der Waals surface area contributed by atoms with Crippen molar-refractivity contribution in [2.24, 2.45) is 0 Å². The van der Waals surface area contributed by atoms with E-state index in [4.69, 9.17) is 16.3 Å². The summed E-state index contributed by atoms with van der Waals surface area (Å²) in [5.74, 6) is 1.13. The number of thioether (sulfide) groups is 1. The van der Waals surface area contributed by atoms with E-state index in [9.17, 15) is 9.59 Å². The fourth-order valence-electron chi connectivity index (χ4n) is 2.78. The molecule has 7 heteroatoms. The molecule has 1 N–H and O–H groups in total. The molecule has 30 heavy (non-hydrogen) atoms. The van der Waals surface area contributed by atoms with E-state index in [1.165, 1.54) is 4.90 Å². The van der Waals surface area contributed by atoms with Crippen LogP contribution in [-0.2, 0) is 4.79 Å². The minimum absolute atomic E-state index is 0.0848. The zero-order chi connectivity index (χ0) is 20.9. The quantitative estimate of drug-likeness (QED) is 0.463. The molecule has 1 aliphatic heterocycles. The Hall–Kier alpha value is -3.22. The van der Waals surface area contributed by atoms with E-state index in [1.807, 2.05) is 54.6 Å². The van der Waals surface area contributed by atoms with Crippen molar-refractivity contribution in [3.8, 4) is 11.5 Å². The van der Waals surface area contributed by atoms with Gasteiger partial charge < -0.3 is 10.1 Å². The third kappa shape index (κ3) is 4.84. The molecule has 0 unspecified atom stereocenters. The molecule has 5 nitrogen and oxygen atoms in total. The first-order valence-electron chi connectivity index (χ1n) is 9.16. The highest BCUT2D eigenvalue weighted by Gasteiger charge is 2.34. The van der Waals surface area contributed by atoms with Crippen molar-refractivity contribution in [2.75, 3.05) is 12.0 Å². The molecular weight excluding hydrogens is 420 g/mol. The molecule has 4 rings (SSSR count). The monoisotopic (exact) mass is 436 g/mol. The summed E-state index contributed by atoms with van der Waals surface area (Å²) in [4.78, 5) is 26.4. The lowest BCUT2D eigenvalue weighted by Gasteiger charge is -2.15. The maximum absolute atomic E-state index is 12.6. The van der Waals surface area contributed by atoms with E-state index in [1.54, 1.807) is 30.3 Å². The molecule has 1 aliphatic rings. The molecule has 0 saturated carbocycles. The second kappa shape index (κ2) is 9.07. The summed E-state index contributed by atoms with van der Waals surface area (Å²) in [7, 11) is 0. The number of amides is 2. The molecule has 1 fully saturated rings. The molecule has 0 spiro atoms. The summed E-state index contributed by atoms with van der Waals surface area (Å²) in [6.07, 6.45) is 1.69. The largest absolute Gasteiger partial charge is 0.457 e. The van der Waals surface area contributed by atoms with Gasteiger partial charge in [0.2, 0.25) is 0 Å². The molecule has 1 heterocycles. The number of imide groups is 1. The number of hydrogen-bond donors (Lipinski definition) is 1. The number of ether oxygens (including phenoxy) is 1. The summed E-state index contributed by atoms with van der Waals surface area (Å²) in [6, 6.07) is 23.9. The number of halogens is 1. The van der Waals surface area contributed by atoms with Gasteiger partial charge >= 0.3 is 0 Å². The van der Waals surface area contributed by atoms with Gasteiger partial charge in [-0.3, -0.25) is 14.5 Å². The normalized spacial score (nSPS) is 15.0. The molecule has 0 aliphatic carbocycles. The van der Waals surface area contributed by atoms with Crippen LogP contribution in [0.25, 0.3) is 6.08 Å². The summed E-state index contributed by atoms with van der Waals surface area (Å²) in [5.41, 5.74) is 1.59. The number of rotatable bonds is 6. The van der Waals surface area contributed by atoms with E-state index in [-0.39, 0.29) is 17.8 Å². The summed E-state index contributed by atoms with van der Waals surface area (Å²) < 4.78 is 5.76. The number of para-hydroxylation sites is 1. The van der Waals surface area contributed by atoms with E-state index < -0.39 is 0 Å². The predicted molar refractivity (Wildman–Crippen MR) is 121 cm³/mol. The lowest BCUT2D eigenvalue weighted by Crippen LogP contribution is -2.33. The van der Waals surface area contributed by atoms with Crippen molar-refractivity contribution in [1.82, 2.24) is 4.90 Å². The standard InChI is InChI=1S/C23H17ClN2O3S/c24-17-8-6-16(7-9-17)14-21-22(27)26(23(28)30-21)15-25-18-10-12-20(13-11-18)29-19-4-2-1-3-5-19/h1-14,25H,15H2/b21-14-. The van der Waals surface area contributed by atoms with Crippen molar-refractivity contribution in [3.63, 3.8) is 0 Å². The molecule has 3 aromatic rings. The first-order valence-corrected chi connectivity index (χ1v) is 10.4. The van der Waals surface area contributed by atoms with E-state index in [2.05, 4.69) is 5.32 Å². The highest BCUT2D eigenvalue weighted by atomic mass is 35.5. The van der Waals surface area contributed by atoms with Crippen LogP contribution in [0.2, 0.25) is 5.02 Å². The minimum atomic E-state index is -0.323. The topological polar surface area (TPSA) is 58.6 Å². The highest BCUT2D eigenvalue weighted by molar-refractivity contribution is 8.18. The molecule has 0 atom stereocenters. The predicted octanol–water partition coefficient (Wildman–Crippen LogP) is 6.24. The molecule has 0 aromatic heterocycles. The van der Waals surface area contributed by atoms with Crippen LogP contribution < -0.4 is 10.1 Å². The Morgan fingerprint density at radius 2 is 1.57 bits per heavy atom. The van der Waals surface area contributed by atoms with Crippen LogP contribution in [0.15, 0.2) is 83.8 Å². The Kier molecular flexibility index (Phi) is 6.07. The van der Waals surface area contributed by atoms with Gasteiger partial charge in [-0.15, -0.1) is 0 Å². The van der Waals surface area contributed by atoms with Gasteiger partial charge in [-0.2, -0.15) is 0 Å². The third-order valence-electron chi connectivity index (χ3n) is 4.32. The summed E-state index contributed by atoms with van der Waals surface area (Å²) >= 11 is 6.81. The Morgan fingerprint density at radius 1 is 0.900 bits per heavy atom. The van der Waals surface area contributed by atoms with Crippen molar-refractivity contribution in [1.29, 1.82) is 0 Å². The van der Waals surface area contributed by atoms with Crippen molar-refractivity contribution < 1.29 is 14.3 Å². The van der Waals surface area contributed by atoms with Crippen LogP contribution in [0, 0.1) is 0 Å². The Morgan fingerprint density at radius 3 is 2.27 bits per heavy atom. The molecule has 1 saturated heterocycles. The van der Waals surface area contributed by atoms with E-state index in [0.29, 0.717) is 15.7 Å². The number of nitrogens with zero attached hydrogens (tertiary/aromatic N) is 1. The number of carbonyl (C=O) groups excluding carboxylic acids is 2. The maximum Gasteiger partial charge on any atom is 0.295 e. The van der Waals surface area contributed by atoms with Gasteiger partial charge in [-0.25, -0.2) is 0 Å². The Bertz CT molecular complexity index is 1080. The van der Waals surface area contributed by atoms with Crippen molar-refractivity contribution >= 4 is 46.3 Å². The van der Waals surface area contributed by atoms with Crippen LogP contribution in [0.3, 0.4) is 0 Å². The molecule has 150 valence electrons. The lowest BCUT2D eigenvalue weighted by atomic mass is 10.2. The second-order valence-electron chi connectivity index (χ2n) is 6.44. The van der Waals surface area contributed by atoms with Gasteiger partial charge in [-0.05, 0) is 71.9 Å². The van der Waals surface area contributed by atoms with E-state index >= 15 is 0 Å². The number of nitrogens with one attached hydrogen (secondary N) is 1. The number of benzene rings is 3. The van der Waals surface area contributed by atoms with Gasteiger partial charge in [0.25, 0.3) is 11.1 Å². The number of carbonyl (C=O) groups is 2. The van der Waals surface area contributed by atoms with Crippen molar-refractivity contribution in [2.45, 2.75) is 0 Å². The number of anilines is 1. The Labute approximate surface area is 183 Å². The summed E-state index contributed by atoms with van der Waals surface area (Å²) in [6.45, 7) is 0.0848. The third-order valence-corrected chi connectivity index (χ3v) is 5.48. The zero-order valence-electron chi connectivity index (χ0n) is 15.7. The molecule has 0 bridgehead atoms. The van der Waals surface area contributed by atoms with Gasteiger partial charge in [-0.1, -0.05) is 41.9 Å². The zero-order valence-corrected chi connectivity index (χ0v) is 17.3. The van der Waals surface area contributed by atoms with Crippen LogP contribution in [0.1, 0.15) is 5.56 Å². The average Bonchev–Trinajstić information content (AvgIpc) is 3.02. The second-order valence-corrected chi connectivity index (χ2v) is 7.87. The van der Waals surface area contributed by atoms with Crippen LogP contribution in [-0.4, -0.2) is 22.7 Å². The van der Waals surface area contributed by atoms with Crippen LogP contribution >= 0.6 is 23.4 Å². The summed E-state index contributed by atoms with van der Waals surface area (Å²) in [5, 5.41) is 3.41. The molecular formula is C23H17ClN2O3S. The van der Waals surface area contributed by atoms with Crippen molar-refractivity contribution in [3.05, 3.63) is 94.4 Å². The highest BCUT2D eigenvalue weighted by Crippen LogP contribution is 2.32. The first-order chi connectivity index (χ1) is 14.6. The lowest BCUT2D eigenvalue weighted by molar-refractivity contribution is -0.122. The van der Waals surface area contributed by atoms with Gasteiger partial charge in [0.1, 0.15) is 11.5 Å². The van der Waals surface area contributed by atoms with Gasteiger partial charge in [0, 0.05) is 10.7 Å². The number of hydrogen-bond acceptors (Lipinski definition) is 5. The van der Waals surface area contributed by atoms with Crippen LogP contribution in [0.5, 0.6) is 11.5 Å². The maximum atomic E-state index is 12.6. The minimum Gasteiger partial charge on any atom is -0.457 e. The average molecular weight is 437 g/mol. The van der Waals surface area contributed by atoms with E-state index in [0.717, 1.165) is 28.8 Å². The fourth-order valence-corrected chi connectivity index (χ4v) is 3.75. The SMILES string of the molecule is O=C1S/C(=C\c2ccc(Cl)cc2)C(=O)N1CNc1ccc(Oc2ccccc2)cc1. The smallest absolute Gasteiger partial charge is 0.295 e. The Balaban J connectivity index is 1.37. The van der Waals surface area contributed by atoms with Gasteiger partial charge in [0.15, 0.2) is 0 Å². The first kappa shape index (κ1) is 20.1. The van der Waals surface area contributed by atoms with Gasteiger partial charge in [0.05, 0.1) is 11.6 Å². The molecule has 3 aromatic carbocycles. The van der Waals surface area contributed by atoms with Crippen LogP contribution in [0.4, 0.5) is 10.5 Å².